The van der Waals surface area contributed by atoms with Crippen molar-refractivity contribution in [3.63, 3.8) is 0 Å². The molecule has 0 aliphatic carbocycles. The van der Waals surface area contributed by atoms with Crippen LogP contribution in [0.4, 0.5) is 0 Å². The first-order valence-electron chi connectivity index (χ1n) is 5.44. The van der Waals surface area contributed by atoms with E-state index in [1.807, 2.05) is 60.7 Å². The molecule has 0 aliphatic heterocycles. The third kappa shape index (κ3) is 3.71. The van der Waals surface area contributed by atoms with E-state index in [0.717, 1.165) is 11.1 Å². The topological polar surface area (TPSA) is 34.1 Å². The van der Waals surface area contributed by atoms with Gasteiger partial charge in [0, 0.05) is 0 Å². The summed E-state index contributed by atoms with van der Waals surface area (Å²) in [5, 5.41) is 0. The van der Waals surface area contributed by atoms with Crippen molar-refractivity contribution in [3.05, 3.63) is 71.8 Å². The summed E-state index contributed by atoms with van der Waals surface area (Å²) in [6, 6.07) is 18.5. The second-order valence-electron chi connectivity index (χ2n) is 4.00. The van der Waals surface area contributed by atoms with E-state index < -0.39 is 9.84 Å². The van der Waals surface area contributed by atoms with Crippen LogP contribution in [0.25, 0.3) is 0 Å². The number of benzene rings is 2. The molecule has 0 aromatic heterocycles. The van der Waals surface area contributed by atoms with Gasteiger partial charge in [0.15, 0.2) is 9.84 Å². The van der Waals surface area contributed by atoms with Crippen molar-refractivity contribution in [3.8, 4) is 0 Å². The largest absolute Gasteiger partial charge is 0.228 e. The average Bonchev–Trinajstić information content (AvgIpc) is 2.30. The van der Waals surface area contributed by atoms with Crippen LogP contribution in [0.15, 0.2) is 60.7 Å². The SMILES string of the molecule is O=S(=O)(Cc1ccccc1)Cc1ccccc1. The zero-order valence-electron chi connectivity index (χ0n) is 9.41. The Morgan fingerprint density at radius 3 is 1.35 bits per heavy atom. The molecule has 2 rings (SSSR count). The lowest BCUT2D eigenvalue weighted by molar-refractivity contribution is 0.594. The van der Waals surface area contributed by atoms with Crippen molar-refractivity contribution in [2.75, 3.05) is 0 Å². The van der Waals surface area contributed by atoms with Crippen molar-refractivity contribution in [2.45, 2.75) is 11.5 Å². The lowest BCUT2D eigenvalue weighted by atomic mass is 10.2. The van der Waals surface area contributed by atoms with Gasteiger partial charge in [0.1, 0.15) is 0 Å². The maximum Gasteiger partial charge on any atom is 0.158 e. The average molecular weight is 246 g/mol. The summed E-state index contributed by atoms with van der Waals surface area (Å²) < 4.78 is 23.9. The molecule has 0 bridgehead atoms. The fraction of sp³-hybridized carbons (Fsp3) is 0.143. The molecular formula is C14H14O2S. The van der Waals surface area contributed by atoms with E-state index in [1.54, 1.807) is 0 Å². The molecule has 0 spiro atoms. The van der Waals surface area contributed by atoms with Gasteiger partial charge >= 0.3 is 0 Å². The molecule has 0 fully saturated rings. The van der Waals surface area contributed by atoms with Gasteiger partial charge in [-0.15, -0.1) is 0 Å². The number of rotatable bonds is 4. The second-order valence-corrected chi connectivity index (χ2v) is 6.07. The van der Waals surface area contributed by atoms with E-state index in [-0.39, 0.29) is 11.5 Å². The van der Waals surface area contributed by atoms with Gasteiger partial charge in [-0.05, 0) is 11.1 Å². The highest BCUT2D eigenvalue weighted by molar-refractivity contribution is 7.89. The Morgan fingerprint density at radius 1 is 0.647 bits per heavy atom. The van der Waals surface area contributed by atoms with Crippen molar-refractivity contribution in [2.24, 2.45) is 0 Å². The molecule has 2 aromatic carbocycles. The molecule has 17 heavy (non-hydrogen) atoms. The van der Waals surface area contributed by atoms with Gasteiger partial charge in [0.25, 0.3) is 0 Å². The number of hydrogen-bond donors (Lipinski definition) is 0. The third-order valence-corrected chi connectivity index (χ3v) is 4.01. The van der Waals surface area contributed by atoms with Gasteiger partial charge in [-0.3, -0.25) is 0 Å². The third-order valence-electron chi connectivity index (χ3n) is 2.46. The molecule has 0 amide bonds. The molecule has 2 nitrogen and oxygen atoms in total. The molecule has 0 heterocycles. The minimum atomic E-state index is -3.09. The summed E-state index contributed by atoms with van der Waals surface area (Å²) in [5.41, 5.74) is 1.67. The molecule has 0 radical (unpaired) electrons. The van der Waals surface area contributed by atoms with Crippen molar-refractivity contribution < 1.29 is 8.42 Å². The first-order chi connectivity index (χ1) is 8.16. The van der Waals surface area contributed by atoms with E-state index in [2.05, 4.69) is 0 Å². The molecule has 0 saturated carbocycles. The highest BCUT2D eigenvalue weighted by Crippen LogP contribution is 2.11. The van der Waals surface area contributed by atoms with Crippen LogP contribution in [-0.4, -0.2) is 8.42 Å². The standard InChI is InChI=1S/C14H14O2S/c15-17(16,11-13-7-3-1-4-8-13)12-14-9-5-2-6-10-14/h1-10H,11-12H2. The highest BCUT2D eigenvalue weighted by Gasteiger charge is 2.12. The van der Waals surface area contributed by atoms with E-state index >= 15 is 0 Å². The van der Waals surface area contributed by atoms with Crippen LogP contribution < -0.4 is 0 Å². The lowest BCUT2D eigenvalue weighted by Crippen LogP contribution is -2.07. The molecule has 3 heteroatoms. The van der Waals surface area contributed by atoms with Gasteiger partial charge in [-0.2, -0.15) is 0 Å². The zero-order chi connectivity index (χ0) is 12.1. The zero-order valence-corrected chi connectivity index (χ0v) is 10.2. The molecule has 0 atom stereocenters. The smallest absolute Gasteiger partial charge is 0.158 e. The summed E-state index contributed by atoms with van der Waals surface area (Å²) in [6.45, 7) is 0. The van der Waals surface area contributed by atoms with Crippen LogP contribution in [0.2, 0.25) is 0 Å². The van der Waals surface area contributed by atoms with Gasteiger partial charge < -0.3 is 0 Å². The molecule has 0 N–H and O–H groups in total. The molecule has 2 aromatic rings. The normalized spacial score (nSPS) is 11.3. The van der Waals surface area contributed by atoms with Gasteiger partial charge in [-0.1, -0.05) is 60.7 Å². The van der Waals surface area contributed by atoms with Crippen LogP contribution in [-0.2, 0) is 21.3 Å². The Kier molecular flexibility index (Phi) is 3.59. The summed E-state index contributed by atoms with van der Waals surface area (Å²) in [5.74, 6) is 0.200. The van der Waals surface area contributed by atoms with Crippen LogP contribution in [0.5, 0.6) is 0 Å². The van der Waals surface area contributed by atoms with Crippen LogP contribution in [0.3, 0.4) is 0 Å². The summed E-state index contributed by atoms with van der Waals surface area (Å²) in [4.78, 5) is 0. The Hall–Kier alpha value is -1.61. The van der Waals surface area contributed by atoms with Crippen LogP contribution in [0.1, 0.15) is 11.1 Å². The molecule has 0 saturated heterocycles. The first-order valence-corrected chi connectivity index (χ1v) is 7.26. The summed E-state index contributed by atoms with van der Waals surface area (Å²) >= 11 is 0. The molecular weight excluding hydrogens is 232 g/mol. The number of sulfone groups is 1. The van der Waals surface area contributed by atoms with E-state index in [1.165, 1.54) is 0 Å². The summed E-state index contributed by atoms with van der Waals surface area (Å²) in [6.07, 6.45) is 0. The monoisotopic (exact) mass is 246 g/mol. The predicted octanol–water partition coefficient (Wildman–Crippen LogP) is 2.80. The van der Waals surface area contributed by atoms with Gasteiger partial charge in [0.2, 0.25) is 0 Å². The highest BCUT2D eigenvalue weighted by atomic mass is 32.2. The molecule has 0 unspecified atom stereocenters. The quantitative estimate of drug-likeness (QED) is 0.831. The fourth-order valence-corrected chi connectivity index (χ4v) is 3.21. The Balaban J connectivity index is 2.11. The second kappa shape index (κ2) is 5.15. The Labute approximate surface area is 102 Å². The van der Waals surface area contributed by atoms with Crippen LogP contribution in [0, 0.1) is 0 Å². The molecule has 0 aliphatic rings. The minimum absolute atomic E-state index is 0.0999. The van der Waals surface area contributed by atoms with Crippen LogP contribution >= 0.6 is 0 Å². The number of hydrogen-bond acceptors (Lipinski definition) is 2. The lowest BCUT2D eigenvalue weighted by Gasteiger charge is -2.04. The van der Waals surface area contributed by atoms with E-state index in [9.17, 15) is 8.42 Å². The Morgan fingerprint density at radius 2 is 1.00 bits per heavy atom. The first kappa shape index (κ1) is 11.9. The maximum absolute atomic E-state index is 12.0. The Bertz CT molecular complexity index is 512. The molecule has 88 valence electrons. The summed E-state index contributed by atoms with van der Waals surface area (Å²) in [7, 11) is -3.09. The minimum Gasteiger partial charge on any atom is -0.228 e. The predicted molar refractivity (Wildman–Crippen MR) is 69.2 cm³/mol. The van der Waals surface area contributed by atoms with Crippen molar-refractivity contribution in [1.82, 2.24) is 0 Å². The van der Waals surface area contributed by atoms with Crippen molar-refractivity contribution >= 4 is 9.84 Å². The maximum atomic E-state index is 12.0. The van der Waals surface area contributed by atoms with Crippen molar-refractivity contribution in [1.29, 1.82) is 0 Å². The van der Waals surface area contributed by atoms with E-state index in [0.29, 0.717) is 0 Å². The van der Waals surface area contributed by atoms with Gasteiger partial charge in [-0.25, -0.2) is 8.42 Å². The fourth-order valence-electron chi connectivity index (χ4n) is 1.71. The van der Waals surface area contributed by atoms with E-state index in [4.69, 9.17) is 0 Å². The van der Waals surface area contributed by atoms with Gasteiger partial charge in [0.05, 0.1) is 11.5 Å².